The molecule has 7 nitrogen and oxygen atoms in total. The topological polar surface area (TPSA) is 110 Å². The first-order valence-electron chi connectivity index (χ1n) is 7.01. The van der Waals surface area contributed by atoms with Crippen molar-refractivity contribution in [1.82, 2.24) is 9.97 Å². The number of carbonyl (C=O) groups excluding carboxylic acids is 1. The number of amidine groups is 1. The van der Waals surface area contributed by atoms with Gasteiger partial charge in [-0.15, -0.1) is 11.3 Å². The Hall–Kier alpha value is -1.87. The number of nitrogens with zero attached hydrogens (tertiary/aromatic N) is 2. The van der Waals surface area contributed by atoms with E-state index in [0.717, 1.165) is 17.8 Å². The van der Waals surface area contributed by atoms with E-state index in [2.05, 4.69) is 15.0 Å². The molecule has 0 saturated heterocycles. The van der Waals surface area contributed by atoms with Crippen molar-refractivity contribution in [2.75, 3.05) is 13.7 Å². The first kappa shape index (κ1) is 17.5. The third-order valence-corrected chi connectivity index (χ3v) is 5.08. The molecule has 0 aromatic carbocycles. The molecular weight excluding hydrogens is 336 g/mol. The first-order valence-corrected chi connectivity index (χ1v) is 8.81. The molecule has 0 aliphatic heterocycles. The van der Waals surface area contributed by atoms with Gasteiger partial charge >= 0.3 is 5.97 Å². The number of nitrogens with two attached hydrogens (primary N) is 1. The predicted molar refractivity (Wildman–Crippen MR) is 94.4 cm³/mol. The van der Waals surface area contributed by atoms with Gasteiger partial charge < -0.3 is 15.5 Å². The Bertz CT molecular complexity index is 810. The number of aromatic amines is 1. The normalized spacial score (nSPS) is 11.9. The number of carbonyl (C=O) groups is 1. The number of hydrogen-bond acceptors (Lipinski definition) is 7. The molecule has 0 unspecified atom stereocenters. The average molecular weight is 354 g/mol. The summed E-state index contributed by atoms with van der Waals surface area (Å²) in [6, 6.07) is 0. The van der Waals surface area contributed by atoms with E-state index >= 15 is 0 Å². The average Bonchev–Trinajstić information content (AvgIpc) is 2.87. The Morgan fingerprint density at radius 2 is 2.26 bits per heavy atom. The number of methoxy groups -OCH3 is 1. The molecule has 124 valence electrons. The summed E-state index contributed by atoms with van der Waals surface area (Å²) in [5, 5.41) is 0.893. The van der Waals surface area contributed by atoms with Crippen molar-refractivity contribution in [3.05, 3.63) is 26.6 Å². The summed E-state index contributed by atoms with van der Waals surface area (Å²) in [4.78, 5) is 36.2. The number of rotatable bonds is 5. The lowest BCUT2D eigenvalue weighted by Gasteiger charge is -2.01. The molecule has 2 heterocycles. The van der Waals surface area contributed by atoms with Crippen LogP contribution in [0.2, 0.25) is 0 Å². The third kappa shape index (κ3) is 3.91. The molecular formula is C14H18N4O3S2. The van der Waals surface area contributed by atoms with Crippen LogP contribution in [-0.2, 0) is 10.5 Å². The molecule has 23 heavy (non-hydrogen) atoms. The fourth-order valence-electron chi connectivity index (χ4n) is 1.95. The number of fused-ring (bicyclic) bond motifs is 1. The standard InChI is InChI=1S/C14H18N4O3S2/c1-4-5-16-14(15)22-6-8-17-11(19)9-7(2)10(13(20)21-3)23-12(9)18-8/h4-6H2,1-3H3,(H2,15,16)(H,17,18,19). The molecule has 0 fully saturated rings. The predicted octanol–water partition coefficient (Wildman–Crippen LogP) is 2.04. The van der Waals surface area contributed by atoms with Crippen molar-refractivity contribution in [3.63, 3.8) is 0 Å². The zero-order valence-corrected chi connectivity index (χ0v) is 14.8. The van der Waals surface area contributed by atoms with Crippen LogP contribution in [0.4, 0.5) is 0 Å². The molecule has 0 atom stereocenters. The number of aliphatic imine (C=N–C) groups is 1. The highest BCUT2D eigenvalue weighted by Gasteiger charge is 2.19. The van der Waals surface area contributed by atoms with Crippen molar-refractivity contribution in [1.29, 1.82) is 0 Å². The molecule has 0 saturated carbocycles. The monoisotopic (exact) mass is 354 g/mol. The zero-order valence-electron chi connectivity index (χ0n) is 13.1. The van der Waals surface area contributed by atoms with Gasteiger partial charge in [-0.05, 0) is 18.9 Å². The van der Waals surface area contributed by atoms with Crippen LogP contribution in [0.1, 0.15) is 34.4 Å². The third-order valence-electron chi connectivity index (χ3n) is 3.07. The Labute approximate surface area is 141 Å². The van der Waals surface area contributed by atoms with Crippen molar-refractivity contribution >= 4 is 44.5 Å². The lowest BCUT2D eigenvalue weighted by Crippen LogP contribution is -2.13. The van der Waals surface area contributed by atoms with E-state index < -0.39 is 5.97 Å². The number of thioether (sulfide) groups is 1. The maximum absolute atomic E-state index is 12.2. The number of H-pyrrole nitrogens is 1. The quantitative estimate of drug-likeness (QED) is 0.483. The molecule has 2 aromatic heterocycles. The maximum atomic E-state index is 12.2. The molecule has 0 aliphatic rings. The minimum absolute atomic E-state index is 0.265. The van der Waals surface area contributed by atoms with Gasteiger partial charge in [0.2, 0.25) is 0 Å². The second-order valence-electron chi connectivity index (χ2n) is 4.75. The summed E-state index contributed by atoms with van der Waals surface area (Å²) in [6.45, 7) is 4.41. The van der Waals surface area contributed by atoms with Crippen molar-refractivity contribution in [3.8, 4) is 0 Å². The van der Waals surface area contributed by atoms with Gasteiger partial charge in [-0.25, -0.2) is 9.78 Å². The van der Waals surface area contributed by atoms with Crippen LogP contribution in [0, 0.1) is 6.92 Å². The van der Waals surface area contributed by atoms with Crippen LogP contribution in [0.25, 0.3) is 10.2 Å². The molecule has 2 rings (SSSR count). The minimum atomic E-state index is -0.461. The SMILES string of the molecule is CCCN=C(N)SCc1nc2sc(C(=O)OC)c(C)c2c(=O)[nH]1. The van der Waals surface area contributed by atoms with Crippen molar-refractivity contribution < 1.29 is 9.53 Å². The lowest BCUT2D eigenvalue weighted by atomic mass is 10.2. The summed E-state index contributed by atoms with van der Waals surface area (Å²) < 4.78 is 4.73. The van der Waals surface area contributed by atoms with Gasteiger partial charge in [-0.2, -0.15) is 0 Å². The molecule has 0 bridgehead atoms. The van der Waals surface area contributed by atoms with Gasteiger partial charge in [-0.1, -0.05) is 18.7 Å². The Kier molecular flexibility index (Phi) is 5.78. The van der Waals surface area contributed by atoms with Gasteiger partial charge in [0.1, 0.15) is 15.5 Å². The van der Waals surface area contributed by atoms with E-state index in [9.17, 15) is 9.59 Å². The fourth-order valence-corrected chi connectivity index (χ4v) is 3.68. The summed E-state index contributed by atoms with van der Waals surface area (Å²) >= 11 is 2.47. The van der Waals surface area contributed by atoms with Gasteiger partial charge in [0.25, 0.3) is 5.56 Å². The van der Waals surface area contributed by atoms with E-state index in [4.69, 9.17) is 10.5 Å². The summed E-state index contributed by atoms with van der Waals surface area (Å²) in [7, 11) is 1.31. The highest BCUT2D eigenvalue weighted by molar-refractivity contribution is 8.13. The van der Waals surface area contributed by atoms with Crippen molar-refractivity contribution in [2.45, 2.75) is 26.0 Å². The van der Waals surface area contributed by atoms with Crippen LogP contribution in [0.3, 0.4) is 0 Å². The van der Waals surface area contributed by atoms with E-state index in [1.54, 1.807) is 6.92 Å². The van der Waals surface area contributed by atoms with Crippen molar-refractivity contribution in [2.24, 2.45) is 10.7 Å². The van der Waals surface area contributed by atoms with E-state index in [1.165, 1.54) is 18.9 Å². The molecule has 2 aromatic rings. The van der Waals surface area contributed by atoms with E-state index in [-0.39, 0.29) is 5.56 Å². The van der Waals surface area contributed by atoms with E-state index in [1.807, 2.05) is 6.92 Å². The van der Waals surface area contributed by atoms with Crippen LogP contribution in [-0.4, -0.2) is 34.8 Å². The van der Waals surface area contributed by atoms with Gasteiger partial charge in [0.15, 0.2) is 5.17 Å². The number of hydrogen-bond donors (Lipinski definition) is 2. The molecule has 0 spiro atoms. The molecule has 0 radical (unpaired) electrons. The number of aromatic nitrogens is 2. The molecule has 3 N–H and O–H groups in total. The highest BCUT2D eigenvalue weighted by Crippen LogP contribution is 2.27. The van der Waals surface area contributed by atoms with Gasteiger partial charge in [0.05, 0.1) is 18.2 Å². The summed E-state index contributed by atoms with van der Waals surface area (Å²) in [5.41, 5.74) is 6.11. The second-order valence-corrected chi connectivity index (χ2v) is 6.74. The summed E-state index contributed by atoms with van der Waals surface area (Å²) in [6.07, 6.45) is 0.924. The largest absolute Gasteiger partial charge is 0.465 e. The molecule has 9 heteroatoms. The molecule has 0 amide bonds. The maximum Gasteiger partial charge on any atom is 0.348 e. The summed E-state index contributed by atoms with van der Waals surface area (Å²) in [5.74, 6) is 0.450. The Morgan fingerprint density at radius 1 is 1.52 bits per heavy atom. The van der Waals surface area contributed by atoms with Gasteiger partial charge in [0, 0.05) is 6.54 Å². The molecule has 0 aliphatic carbocycles. The number of ether oxygens (including phenoxy) is 1. The minimum Gasteiger partial charge on any atom is -0.465 e. The second kappa shape index (κ2) is 7.60. The van der Waals surface area contributed by atoms with Crippen LogP contribution >= 0.6 is 23.1 Å². The number of thiophene rings is 1. The van der Waals surface area contributed by atoms with Crippen LogP contribution in [0.5, 0.6) is 0 Å². The number of aryl methyl sites for hydroxylation is 1. The van der Waals surface area contributed by atoms with Gasteiger partial charge in [-0.3, -0.25) is 9.79 Å². The highest BCUT2D eigenvalue weighted by atomic mass is 32.2. The number of nitrogens with one attached hydrogen (secondary N) is 1. The van der Waals surface area contributed by atoms with Crippen LogP contribution < -0.4 is 11.3 Å². The van der Waals surface area contributed by atoms with Crippen LogP contribution in [0.15, 0.2) is 9.79 Å². The number of esters is 1. The Balaban J connectivity index is 2.31. The zero-order chi connectivity index (χ0) is 17.0. The fraction of sp³-hybridized carbons (Fsp3) is 0.429. The smallest absolute Gasteiger partial charge is 0.348 e. The lowest BCUT2D eigenvalue weighted by molar-refractivity contribution is 0.0605. The first-order chi connectivity index (χ1) is 11.0. The van der Waals surface area contributed by atoms with E-state index in [0.29, 0.717) is 43.9 Å². The Morgan fingerprint density at radius 3 is 2.91 bits per heavy atom.